The molecule has 1 amide bonds. The quantitative estimate of drug-likeness (QED) is 0.378. The number of hydrogen-bond acceptors (Lipinski definition) is 6. The monoisotopic (exact) mass is 436 g/mol. The van der Waals surface area contributed by atoms with Gasteiger partial charge in [-0.2, -0.15) is 0 Å². The summed E-state index contributed by atoms with van der Waals surface area (Å²) in [7, 11) is 0. The van der Waals surface area contributed by atoms with Crippen LogP contribution in [0.2, 0.25) is 0 Å². The first kappa shape index (κ1) is 19.4. The number of ketones is 1. The van der Waals surface area contributed by atoms with Crippen LogP contribution in [0.15, 0.2) is 59.6 Å². The first-order chi connectivity index (χ1) is 14.9. The SMILES string of the molecule is C[C@@H]1Cc2cc(/C(O)=C3\C(=O)C(=O)N(c4nccs4)[C@H]3c3ccc(F)cc3)ccc2O1. The molecule has 2 atom stereocenters. The van der Waals surface area contributed by atoms with Crippen molar-refractivity contribution in [1.82, 2.24) is 4.98 Å². The third kappa shape index (κ3) is 3.19. The summed E-state index contributed by atoms with van der Waals surface area (Å²) in [4.78, 5) is 31.4. The standard InChI is InChI=1S/C23H17FN2O4S/c1-12-10-15-11-14(4-7-17(15)30-12)20(27)18-19(13-2-5-16(24)6-3-13)26(22(29)21(18)28)23-25-8-9-31-23/h2-9,11-12,19,27H,10H2,1H3/b20-18+/t12-,19+/m1/s1. The summed E-state index contributed by atoms with van der Waals surface area (Å²) in [6, 6.07) is 9.76. The molecule has 8 heteroatoms. The molecule has 5 rings (SSSR count). The van der Waals surface area contributed by atoms with Crippen LogP contribution < -0.4 is 9.64 Å². The van der Waals surface area contributed by atoms with Crippen LogP contribution >= 0.6 is 11.3 Å². The van der Waals surface area contributed by atoms with Gasteiger partial charge in [0.1, 0.15) is 23.4 Å². The van der Waals surface area contributed by atoms with E-state index in [0.29, 0.717) is 22.7 Å². The maximum atomic E-state index is 13.5. The van der Waals surface area contributed by atoms with Crippen molar-refractivity contribution in [3.8, 4) is 5.75 Å². The third-order valence-electron chi connectivity index (χ3n) is 5.42. The van der Waals surface area contributed by atoms with E-state index in [2.05, 4.69) is 4.98 Å². The number of aliphatic hydroxyl groups excluding tert-OH is 1. The largest absolute Gasteiger partial charge is 0.507 e. The van der Waals surface area contributed by atoms with Crippen LogP contribution in [0.1, 0.15) is 29.7 Å². The number of anilines is 1. The number of carbonyl (C=O) groups excluding carboxylic acids is 2. The Bertz CT molecular complexity index is 1220. The minimum atomic E-state index is -0.921. The zero-order valence-electron chi connectivity index (χ0n) is 16.4. The number of rotatable bonds is 3. The predicted molar refractivity (Wildman–Crippen MR) is 114 cm³/mol. The van der Waals surface area contributed by atoms with Crippen LogP contribution in [0, 0.1) is 5.82 Å². The van der Waals surface area contributed by atoms with Crippen molar-refractivity contribution in [2.24, 2.45) is 0 Å². The molecule has 31 heavy (non-hydrogen) atoms. The Hall–Kier alpha value is -3.52. The minimum Gasteiger partial charge on any atom is -0.507 e. The smallest absolute Gasteiger partial charge is 0.301 e. The number of halogens is 1. The normalized spacial score (nSPS) is 21.9. The second-order valence-corrected chi connectivity index (χ2v) is 8.36. The topological polar surface area (TPSA) is 79.7 Å². The molecule has 156 valence electrons. The first-order valence-electron chi connectivity index (χ1n) is 9.70. The van der Waals surface area contributed by atoms with Crippen LogP contribution in [-0.2, 0) is 16.0 Å². The van der Waals surface area contributed by atoms with Crippen LogP contribution in [-0.4, -0.2) is 27.9 Å². The Balaban J connectivity index is 1.68. The van der Waals surface area contributed by atoms with Crippen molar-refractivity contribution in [3.63, 3.8) is 0 Å². The number of carbonyl (C=O) groups is 2. The maximum absolute atomic E-state index is 13.5. The fourth-order valence-electron chi connectivity index (χ4n) is 4.05. The van der Waals surface area contributed by atoms with Crippen molar-refractivity contribution in [2.45, 2.75) is 25.5 Å². The molecule has 0 spiro atoms. The highest BCUT2D eigenvalue weighted by Gasteiger charge is 2.48. The fourth-order valence-corrected chi connectivity index (χ4v) is 4.72. The lowest BCUT2D eigenvalue weighted by atomic mass is 9.94. The second kappa shape index (κ2) is 7.31. The van der Waals surface area contributed by atoms with Crippen LogP contribution in [0.25, 0.3) is 5.76 Å². The molecule has 2 aromatic carbocycles. The summed E-state index contributed by atoms with van der Waals surface area (Å²) in [5.41, 5.74) is 1.78. The van der Waals surface area contributed by atoms with Crippen LogP contribution in [0.4, 0.5) is 9.52 Å². The maximum Gasteiger partial charge on any atom is 0.301 e. The van der Waals surface area contributed by atoms with Gasteiger partial charge in [0.15, 0.2) is 5.13 Å². The molecule has 6 nitrogen and oxygen atoms in total. The van der Waals surface area contributed by atoms with Crippen molar-refractivity contribution in [2.75, 3.05) is 4.90 Å². The average molecular weight is 436 g/mol. The summed E-state index contributed by atoms with van der Waals surface area (Å²) in [6.45, 7) is 1.95. The van der Waals surface area contributed by atoms with Crippen LogP contribution in [0.3, 0.4) is 0 Å². The van der Waals surface area contributed by atoms with Gasteiger partial charge in [0.05, 0.1) is 11.6 Å². The predicted octanol–water partition coefficient (Wildman–Crippen LogP) is 4.23. The highest BCUT2D eigenvalue weighted by molar-refractivity contribution is 7.14. The van der Waals surface area contributed by atoms with Gasteiger partial charge in [-0.05, 0) is 48.4 Å². The average Bonchev–Trinajstić information content (AvgIpc) is 3.46. The zero-order chi connectivity index (χ0) is 21.7. The minimum absolute atomic E-state index is 0.0297. The van der Waals surface area contributed by atoms with Gasteiger partial charge in [-0.3, -0.25) is 14.5 Å². The third-order valence-corrected chi connectivity index (χ3v) is 6.20. The van der Waals surface area contributed by atoms with Gasteiger partial charge in [-0.15, -0.1) is 11.3 Å². The molecular formula is C23H17FN2O4S. The lowest BCUT2D eigenvalue weighted by Gasteiger charge is -2.23. The summed E-state index contributed by atoms with van der Waals surface area (Å²) in [5.74, 6) is -1.59. The lowest BCUT2D eigenvalue weighted by molar-refractivity contribution is -0.132. The molecule has 0 bridgehead atoms. The number of aliphatic hydroxyl groups is 1. The number of aromatic nitrogens is 1. The number of benzene rings is 2. The van der Waals surface area contributed by atoms with Crippen molar-refractivity contribution in [1.29, 1.82) is 0 Å². The van der Waals surface area contributed by atoms with Crippen molar-refractivity contribution in [3.05, 3.63) is 82.1 Å². The van der Waals surface area contributed by atoms with E-state index in [0.717, 1.165) is 11.3 Å². The van der Waals surface area contributed by atoms with E-state index < -0.39 is 23.5 Å². The molecule has 3 aromatic rings. The van der Waals surface area contributed by atoms with E-state index in [1.165, 1.54) is 46.7 Å². The number of thiazole rings is 1. The summed E-state index contributed by atoms with van der Waals surface area (Å²) in [5, 5.41) is 13.2. The first-order valence-corrected chi connectivity index (χ1v) is 10.6. The molecule has 1 aromatic heterocycles. The lowest BCUT2D eigenvalue weighted by Crippen LogP contribution is -2.29. The number of nitrogens with zero attached hydrogens (tertiary/aromatic N) is 2. The van der Waals surface area contributed by atoms with Crippen molar-refractivity contribution < 1.29 is 23.8 Å². The van der Waals surface area contributed by atoms with E-state index in [9.17, 15) is 19.1 Å². The Morgan fingerprint density at radius 3 is 2.71 bits per heavy atom. The van der Waals surface area contributed by atoms with Gasteiger partial charge < -0.3 is 9.84 Å². The van der Waals surface area contributed by atoms with Gasteiger partial charge in [0.25, 0.3) is 5.78 Å². The molecule has 1 saturated heterocycles. The van der Waals surface area contributed by atoms with E-state index in [-0.39, 0.29) is 17.4 Å². The molecule has 3 heterocycles. The Morgan fingerprint density at radius 2 is 2.00 bits per heavy atom. The zero-order valence-corrected chi connectivity index (χ0v) is 17.2. The van der Waals surface area contributed by atoms with Crippen LogP contribution in [0.5, 0.6) is 5.75 Å². The molecule has 0 radical (unpaired) electrons. The highest BCUT2D eigenvalue weighted by Crippen LogP contribution is 2.43. The van der Waals surface area contributed by atoms with E-state index >= 15 is 0 Å². The van der Waals surface area contributed by atoms with Gasteiger partial charge in [-0.25, -0.2) is 9.37 Å². The molecular weight excluding hydrogens is 419 g/mol. The number of Topliss-reactive ketones (excluding diaryl/α,β-unsaturated/α-hetero) is 1. The van der Waals surface area contributed by atoms with Gasteiger partial charge in [0, 0.05) is 23.6 Å². The van der Waals surface area contributed by atoms with E-state index in [1.807, 2.05) is 6.92 Å². The number of ether oxygens (including phenoxy) is 1. The van der Waals surface area contributed by atoms with Gasteiger partial charge in [0.2, 0.25) is 0 Å². The highest BCUT2D eigenvalue weighted by atomic mass is 32.1. The van der Waals surface area contributed by atoms with Crippen molar-refractivity contribution >= 4 is 33.9 Å². The Morgan fingerprint density at radius 1 is 1.23 bits per heavy atom. The van der Waals surface area contributed by atoms with E-state index in [1.54, 1.807) is 23.6 Å². The molecule has 0 saturated carbocycles. The second-order valence-electron chi connectivity index (χ2n) is 7.49. The van der Waals surface area contributed by atoms with Gasteiger partial charge in [-0.1, -0.05) is 12.1 Å². The summed E-state index contributed by atoms with van der Waals surface area (Å²) >= 11 is 1.20. The number of hydrogen-bond donors (Lipinski definition) is 1. The summed E-state index contributed by atoms with van der Waals surface area (Å²) < 4.78 is 19.2. The summed E-state index contributed by atoms with van der Waals surface area (Å²) in [6.07, 6.45) is 2.25. The molecule has 1 N–H and O–H groups in total. The number of amides is 1. The van der Waals surface area contributed by atoms with E-state index in [4.69, 9.17) is 4.74 Å². The Kier molecular flexibility index (Phi) is 4.59. The molecule has 0 unspecified atom stereocenters. The molecule has 2 aliphatic rings. The van der Waals surface area contributed by atoms with Gasteiger partial charge >= 0.3 is 5.91 Å². The Labute approximate surface area is 181 Å². The molecule has 1 fully saturated rings. The number of fused-ring (bicyclic) bond motifs is 1. The fraction of sp³-hybridized carbons (Fsp3) is 0.174. The molecule has 2 aliphatic heterocycles. The molecule has 0 aliphatic carbocycles.